The summed E-state index contributed by atoms with van der Waals surface area (Å²) < 4.78 is 10.8. The summed E-state index contributed by atoms with van der Waals surface area (Å²) >= 11 is 1.32. The predicted molar refractivity (Wildman–Crippen MR) is 67.2 cm³/mol. The lowest BCUT2D eigenvalue weighted by molar-refractivity contribution is -0.0145. The molecule has 2 N–H and O–H groups in total. The van der Waals surface area contributed by atoms with Crippen molar-refractivity contribution in [3.63, 3.8) is 0 Å². The molecule has 2 rings (SSSR count). The third-order valence-corrected chi connectivity index (χ3v) is 3.98. The number of thiophene rings is 1. The number of nitrogens with two attached hydrogens (primary N) is 1. The Kier molecular flexibility index (Phi) is 4.02. The first-order valence-electron chi connectivity index (χ1n) is 5.77. The minimum atomic E-state index is -0.306. The molecular weight excluding hydrogens is 238 g/mol. The lowest BCUT2D eigenvalue weighted by Crippen LogP contribution is -2.29. The van der Waals surface area contributed by atoms with E-state index < -0.39 is 0 Å². The zero-order chi connectivity index (χ0) is 12.3. The molecule has 0 spiro atoms. The molecular formula is C12H17NO3S. The fraction of sp³-hybridized carbons (Fsp3) is 0.583. The van der Waals surface area contributed by atoms with Crippen molar-refractivity contribution in [2.24, 2.45) is 0 Å². The first kappa shape index (κ1) is 12.4. The van der Waals surface area contributed by atoms with E-state index in [9.17, 15) is 4.79 Å². The molecule has 0 radical (unpaired) electrons. The van der Waals surface area contributed by atoms with Gasteiger partial charge in [-0.25, -0.2) is 4.79 Å². The third kappa shape index (κ3) is 2.98. The summed E-state index contributed by atoms with van der Waals surface area (Å²) in [5, 5.41) is 1.80. The van der Waals surface area contributed by atoms with Crippen LogP contribution in [0.5, 0.6) is 0 Å². The molecule has 1 heterocycles. The van der Waals surface area contributed by atoms with Crippen LogP contribution in [0.2, 0.25) is 0 Å². The van der Waals surface area contributed by atoms with E-state index in [0.29, 0.717) is 10.6 Å². The van der Waals surface area contributed by atoms with Gasteiger partial charge < -0.3 is 15.2 Å². The maximum absolute atomic E-state index is 11.9. The molecule has 4 nitrogen and oxygen atoms in total. The Morgan fingerprint density at radius 2 is 2.24 bits per heavy atom. The first-order valence-corrected chi connectivity index (χ1v) is 6.65. The average molecular weight is 255 g/mol. The smallest absolute Gasteiger partial charge is 0.350 e. The van der Waals surface area contributed by atoms with Crippen LogP contribution in [0.15, 0.2) is 11.4 Å². The highest BCUT2D eigenvalue weighted by molar-refractivity contribution is 7.12. The van der Waals surface area contributed by atoms with E-state index in [2.05, 4.69) is 0 Å². The number of rotatable bonds is 3. The quantitative estimate of drug-likeness (QED) is 0.843. The van der Waals surface area contributed by atoms with Gasteiger partial charge in [0.2, 0.25) is 0 Å². The van der Waals surface area contributed by atoms with Crippen LogP contribution in [0, 0.1) is 0 Å². The van der Waals surface area contributed by atoms with Gasteiger partial charge in [0.15, 0.2) is 0 Å². The van der Waals surface area contributed by atoms with Gasteiger partial charge in [0, 0.05) is 13.5 Å². The maximum atomic E-state index is 11.9. The van der Waals surface area contributed by atoms with Crippen LogP contribution in [-0.4, -0.2) is 25.3 Å². The van der Waals surface area contributed by atoms with Crippen LogP contribution in [0.25, 0.3) is 0 Å². The number of carbonyl (C=O) groups is 1. The van der Waals surface area contributed by atoms with E-state index in [0.717, 1.165) is 25.7 Å². The monoisotopic (exact) mass is 255 g/mol. The van der Waals surface area contributed by atoms with Crippen LogP contribution >= 0.6 is 11.3 Å². The van der Waals surface area contributed by atoms with E-state index >= 15 is 0 Å². The molecule has 0 bridgehead atoms. The van der Waals surface area contributed by atoms with E-state index in [1.165, 1.54) is 11.3 Å². The summed E-state index contributed by atoms with van der Waals surface area (Å²) in [4.78, 5) is 12.4. The van der Waals surface area contributed by atoms with E-state index in [4.69, 9.17) is 15.2 Å². The second kappa shape index (κ2) is 5.51. The van der Waals surface area contributed by atoms with Crippen molar-refractivity contribution in [3.05, 3.63) is 16.3 Å². The highest BCUT2D eigenvalue weighted by Gasteiger charge is 2.26. The van der Waals surface area contributed by atoms with Gasteiger partial charge in [0.05, 0.1) is 11.8 Å². The maximum Gasteiger partial charge on any atom is 0.350 e. The molecule has 0 saturated heterocycles. The van der Waals surface area contributed by atoms with Crippen molar-refractivity contribution in [3.8, 4) is 0 Å². The SMILES string of the molecule is COC1CCCC(OC(=O)c2sccc2N)C1. The van der Waals surface area contributed by atoms with Gasteiger partial charge in [-0.15, -0.1) is 11.3 Å². The number of hydrogen-bond donors (Lipinski definition) is 1. The van der Waals surface area contributed by atoms with Crippen molar-refractivity contribution in [2.75, 3.05) is 12.8 Å². The summed E-state index contributed by atoms with van der Waals surface area (Å²) in [6, 6.07) is 1.72. The fourth-order valence-electron chi connectivity index (χ4n) is 2.11. The van der Waals surface area contributed by atoms with Gasteiger partial charge in [-0.1, -0.05) is 0 Å². The lowest BCUT2D eigenvalue weighted by Gasteiger charge is -2.27. The Balaban J connectivity index is 1.93. The van der Waals surface area contributed by atoms with Gasteiger partial charge >= 0.3 is 5.97 Å². The number of ether oxygens (including phenoxy) is 2. The first-order chi connectivity index (χ1) is 8.20. The molecule has 5 heteroatoms. The van der Waals surface area contributed by atoms with Crippen molar-refractivity contribution in [1.82, 2.24) is 0 Å². The van der Waals surface area contributed by atoms with Crippen molar-refractivity contribution < 1.29 is 14.3 Å². The van der Waals surface area contributed by atoms with Gasteiger partial charge in [-0.2, -0.15) is 0 Å². The van der Waals surface area contributed by atoms with E-state index in [1.54, 1.807) is 18.6 Å². The fourth-order valence-corrected chi connectivity index (χ4v) is 2.81. The molecule has 1 fully saturated rings. The number of esters is 1. The summed E-state index contributed by atoms with van der Waals surface area (Å²) in [5.74, 6) is -0.306. The third-order valence-electron chi connectivity index (χ3n) is 3.07. The Hall–Kier alpha value is -1.07. The molecule has 1 aliphatic rings. The summed E-state index contributed by atoms with van der Waals surface area (Å²) in [6.07, 6.45) is 3.96. The van der Waals surface area contributed by atoms with Crippen molar-refractivity contribution in [1.29, 1.82) is 0 Å². The Labute approximate surface area is 105 Å². The van der Waals surface area contributed by atoms with E-state index in [-0.39, 0.29) is 18.2 Å². The number of methoxy groups -OCH3 is 1. The van der Waals surface area contributed by atoms with Crippen LogP contribution in [0.4, 0.5) is 5.69 Å². The van der Waals surface area contributed by atoms with Crippen LogP contribution < -0.4 is 5.73 Å². The second-order valence-electron chi connectivity index (χ2n) is 4.26. The molecule has 0 aromatic carbocycles. The van der Waals surface area contributed by atoms with Gasteiger partial charge in [0.1, 0.15) is 11.0 Å². The standard InChI is InChI=1S/C12H17NO3S/c1-15-8-3-2-4-9(7-8)16-12(14)11-10(13)5-6-17-11/h5-6,8-9H,2-4,7,13H2,1H3. The number of carbonyl (C=O) groups excluding carboxylic acids is 1. The molecule has 0 aliphatic heterocycles. The average Bonchev–Trinajstić information content (AvgIpc) is 2.76. The Morgan fingerprint density at radius 3 is 2.88 bits per heavy atom. The van der Waals surface area contributed by atoms with E-state index in [1.807, 2.05) is 0 Å². The molecule has 17 heavy (non-hydrogen) atoms. The minimum absolute atomic E-state index is 0.0392. The summed E-state index contributed by atoms with van der Waals surface area (Å²) in [6.45, 7) is 0. The molecule has 1 aliphatic carbocycles. The Morgan fingerprint density at radius 1 is 1.47 bits per heavy atom. The number of anilines is 1. The predicted octanol–water partition coefficient (Wildman–Crippen LogP) is 2.44. The number of nitrogen functional groups attached to an aromatic ring is 1. The summed E-state index contributed by atoms with van der Waals surface area (Å²) in [7, 11) is 1.70. The molecule has 1 aromatic heterocycles. The molecule has 1 saturated carbocycles. The lowest BCUT2D eigenvalue weighted by atomic mass is 9.95. The highest BCUT2D eigenvalue weighted by Crippen LogP contribution is 2.26. The molecule has 94 valence electrons. The minimum Gasteiger partial charge on any atom is -0.458 e. The van der Waals surface area contributed by atoms with Crippen LogP contribution in [-0.2, 0) is 9.47 Å². The molecule has 2 unspecified atom stereocenters. The second-order valence-corrected chi connectivity index (χ2v) is 5.17. The van der Waals surface area contributed by atoms with Crippen LogP contribution in [0.3, 0.4) is 0 Å². The molecule has 1 aromatic rings. The highest BCUT2D eigenvalue weighted by atomic mass is 32.1. The zero-order valence-corrected chi connectivity index (χ0v) is 10.7. The van der Waals surface area contributed by atoms with Crippen molar-refractivity contribution >= 4 is 23.0 Å². The van der Waals surface area contributed by atoms with Gasteiger partial charge in [-0.05, 0) is 30.7 Å². The van der Waals surface area contributed by atoms with Crippen LogP contribution in [0.1, 0.15) is 35.4 Å². The van der Waals surface area contributed by atoms with Gasteiger partial charge in [-0.3, -0.25) is 0 Å². The summed E-state index contributed by atoms with van der Waals surface area (Å²) in [5.41, 5.74) is 6.18. The largest absolute Gasteiger partial charge is 0.458 e. The topological polar surface area (TPSA) is 61.5 Å². The molecule has 2 atom stereocenters. The Bertz CT molecular complexity index is 391. The normalized spacial score (nSPS) is 24.5. The molecule has 0 amide bonds. The zero-order valence-electron chi connectivity index (χ0n) is 9.85. The number of hydrogen-bond acceptors (Lipinski definition) is 5. The van der Waals surface area contributed by atoms with Gasteiger partial charge in [0.25, 0.3) is 0 Å². The van der Waals surface area contributed by atoms with Crippen molar-refractivity contribution in [2.45, 2.75) is 37.9 Å².